The van der Waals surface area contributed by atoms with E-state index in [9.17, 15) is 9.18 Å². The number of hydrogen-bond acceptors (Lipinski definition) is 3. The van der Waals surface area contributed by atoms with Crippen LogP contribution in [0.15, 0.2) is 18.2 Å². The Morgan fingerprint density at radius 1 is 1.50 bits per heavy atom. The molecule has 1 aromatic rings. The third kappa shape index (κ3) is 2.93. The molecule has 0 aliphatic carbocycles. The van der Waals surface area contributed by atoms with E-state index >= 15 is 0 Å². The molecule has 1 aromatic carbocycles. The van der Waals surface area contributed by atoms with Crippen LogP contribution in [0, 0.1) is 5.82 Å². The summed E-state index contributed by atoms with van der Waals surface area (Å²) in [5.74, 6) is -0.525. The van der Waals surface area contributed by atoms with Crippen molar-refractivity contribution >= 4 is 11.6 Å². The lowest BCUT2D eigenvalue weighted by atomic mass is 10.3. The Hall–Kier alpha value is -1.78. The molecule has 14 heavy (non-hydrogen) atoms. The number of anilines is 1. The molecule has 0 aliphatic heterocycles. The summed E-state index contributed by atoms with van der Waals surface area (Å²) in [6, 6.07) is 3.79. The SMILES string of the molecule is NC(=O)CCOc1ccc(F)cc1N. The van der Waals surface area contributed by atoms with Crippen LogP contribution in [0.5, 0.6) is 5.75 Å². The number of ether oxygens (including phenoxy) is 1. The number of nitrogens with two attached hydrogens (primary N) is 2. The maximum Gasteiger partial charge on any atom is 0.220 e. The summed E-state index contributed by atoms with van der Waals surface area (Å²) in [6.45, 7) is 0.144. The van der Waals surface area contributed by atoms with Crippen molar-refractivity contribution in [2.45, 2.75) is 6.42 Å². The van der Waals surface area contributed by atoms with E-state index in [-0.39, 0.29) is 18.7 Å². The van der Waals surface area contributed by atoms with Gasteiger partial charge in [0.25, 0.3) is 0 Å². The second-order valence-corrected chi connectivity index (χ2v) is 2.75. The summed E-state index contributed by atoms with van der Waals surface area (Å²) in [5.41, 5.74) is 10.6. The third-order valence-corrected chi connectivity index (χ3v) is 1.58. The zero-order chi connectivity index (χ0) is 10.6. The molecule has 1 rings (SSSR count). The molecule has 0 saturated carbocycles. The molecule has 0 aromatic heterocycles. The molecule has 1 amide bonds. The van der Waals surface area contributed by atoms with E-state index in [2.05, 4.69) is 0 Å². The Labute approximate surface area is 80.6 Å². The van der Waals surface area contributed by atoms with Crippen LogP contribution in [0.1, 0.15) is 6.42 Å². The van der Waals surface area contributed by atoms with Crippen LogP contribution < -0.4 is 16.2 Å². The first-order valence-electron chi connectivity index (χ1n) is 4.05. The van der Waals surface area contributed by atoms with Crippen molar-refractivity contribution < 1.29 is 13.9 Å². The molecule has 0 spiro atoms. The van der Waals surface area contributed by atoms with E-state index in [1.165, 1.54) is 12.1 Å². The second-order valence-electron chi connectivity index (χ2n) is 2.75. The molecule has 0 atom stereocenters. The van der Waals surface area contributed by atoms with Gasteiger partial charge in [-0.05, 0) is 12.1 Å². The number of halogens is 1. The van der Waals surface area contributed by atoms with E-state index in [4.69, 9.17) is 16.2 Å². The number of amides is 1. The molecule has 4 N–H and O–H groups in total. The van der Waals surface area contributed by atoms with Gasteiger partial charge in [0.15, 0.2) is 0 Å². The Balaban J connectivity index is 2.55. The minimum atomic E-state index is -0.453. The molecule has 5 heteroatoms. The largest absolute Gasteiger partial charge is 0.491 e. The van der Waals surface area contributed by atoms with Crippen LogP contribution in [0.3, 0.4) is 0 Å². The van der Waals surface area contributed by atoms with E-state index in [1.807, 2.05) is 0 Å². The highest BCUT2D eigenvalue weighted by Gasteiger charge is 2.02. The first kappa shape index (κ1) is 10.3. The van der Waals surface area contributed by atoms with Crippen LogP contribution in [-0.4, -0.2) is 12.5 Å². The van der Waals surface area contributed by atoms with Crippen LogP contribution in [0.4, 0.5) is 10.1 Å². The Bertz CT molecular complexity index is 342. The molecule has 0 radical (unpaired) electrons. The van der Waals surface area contributed by atoms with Crippen molar-refractivity contribution in [2.24, 2.45) is 5.73 Å². The maximum atomic E-state index is 12.6. The van der Waals surface area contributed by atoms with Crippen molar-refractivity contribution in [3.8, 4) is 5.75 Å². The highest BCUT2D eigenvalue weighted by molar-refractivity contribution is 5.73. The summed E-state index contributed by atoms with van der Waals surface area (Å²) in [6.07, 6.45) is 0.108. The van der Waals surface area contributed by atoms with Gasteiger partial charge in [0, 0.05) is 6.07 Å². The Kier molecular flexibility index (Phi) is 3.28. The molecule has 0 fully saturated rings. The van der Waals surface area contributed by atoms with Gasteiger partial charge in [0.2, 0.25) is 5.91 Å². The van der Waals surface area contributed by atoms with E-state index < -0.39 is 11.7 Å². The van der Waals surface area contributed by atoms with Crippen molar-refractivity contribution in [1.29, 1.82) is 0 Å². The van der Waals surface area contributed by atoms with Gasteiger partial charge < -0.3 is 16.2 Å². The maximum absolute atomic E-state index is 12.6. The predicted molar refractivity (Wildman–Crippen MR) is 50.1 cm³/mol. The average Bonchev–Trinajstić information content (AvgIpc) is 2.08. The van der Waals surface area contributed by atoms with Gasteiger partial charge in [0.1, 0.15) is 11.6 Å². The highest BCUT2D eigenvalue weighted by atomic mass is 19.1. The Morgan fingerprint density at radius 3 is 2.79 bits per heavy atom. The van der Waals surface area contributed by atoms with E-state index in [1.54, 1.807) is 0 Å². The van der Waals surface area contributed by atoms with Gasteiger partial charge in [-0.25, -0.2) is 4.39 Å². The standard InChI is InChI=1S/C9H11FN2O2/c10-6-1-2-8(7(11)5-6)14-4-3-9(12)13/h1-2,5H,3-4,11H2,(H2,12,13). The fourth-order valence-electron chi connectivity index (χ4n) is 0.912. The zero-order valence-electron chi connectivity index (χ0n) is 7.50. The quantitative estimate of drug-likeness (QED) is 0.697. The predicted octanol–water partition coefficient (Wildman–Crippen LogP) is 0.662. The molecule has 0 saturated heterocycles. The fraction of sp³-hybridized carbons (Fsp3) is 0.222. The molecule has 0 heterocycles. The molecular weight excluding hydrogens is 187 g/mol. The minimum Gasteiger partial charge on any atom is -0.491 e. The van der Waals surface area contributed by atoms with Gasteiger partial charge in [-0.3, -0.25) is 4.79 Å². The number of benzene rings is 1. The highest BCUT2D eigenvalue weighted by Crippen LogP contribution is 2.21. The summed E-state index contributed by atoms with van der Waals surface area (Å²) in [4.78, 5) is 10.4. The number of nitrogen functional groups attached to an aromatic ring is 1. The molecule has 4 nitrogen and oxygen atoms in total. The molecule has 0 unspecified atom stereocenters. The number of rotatable bonds is 4. The summed E-state index contributed by atoms with van der Waals surface area (Å²) >= 11 is 0. The van der Waals surface area contributed by atoms with E-state index in [0.717, 1.165) is 6.07 Å². The first-order chi connectivity index (χ1) is 6.59. The first-order valence-corrected chi connectivity index (χ1v) is 4.05. The monoisotopic (exact) mass is 198 g/mol. The van der Waals surface area contributed by atoms with Crippen molar-refractivity contribution in [3.63, 3.8) is 0 Å². The third-order valence-electron chi connectivity index (χ3n) is 1.58. The van der Waals surface area contributed by atoms with E-state index in [0.29, 0.717) is 5.75 Å². The lowest BCUT2D eigenvalue weighted by Crippen LogP contribution is -2.14. The number of hydrogen-bond donors (Lipinski definition) is 2. The van der Waals surface area contributed by atoms with Crippen LogP contribution in [0.2, 0.25) is 0 Å². The van der Waals surface area contributed by atoms with Crippen molar-refractivity contribution in [2.75, 3.05) is 12.3 Å². The lowest BCUT2D eigenvalue weighted by molar-refractivity contribution is -0.118. The Morgan fingerprint density at radius 2 is 2.21 bits per heavy atom. The number of carbonyl (C=O) groups excluding carboxylic acids is 1. The molecular formula is C9H11FN2O2. The summed E-state index contributed by atoms with van der Waals surface area (Å²) in [7, 11) is 0. The van der Waals surface area contributed by atoms with Gasteiger partial charge in [-0.15, -0.1) is 0 Å². The van der Waals surface area contributed by atoms with Crippen LogP contribution >= 0.6 is 0 Å². The fourth-order valence-corrected chi connectivity index (χ4v) is 0.912. The second kappa shape index (κ2) is 4.45. The number of carbonyl (C=O) groups is 1. The van der Waals surface area contributed by atoms with Gasteiger partial charge >= 0.3 is 0 Å². The van der Waals surface area contributed by atoms with Crippen LogP contribution in [0.25, 0.3) is 0 Å². The minimum absolute atomic E-state index is 0.108. The van der Waals surface area contributed by atoms with Gasteiger partial charge in [0.05, 0.1) is 18.7 Å². The number of primary amides is 1. The molecule has 76 valence electrons. The van der Waals surface area contributed by atoms with Crippen molar-refractivity contribution in [3.05, 3.63) is 24.0 Å². The van der Waals surface area contributed by atoms with Crippen LogP contribution in [-0.2, 0) is 4.79 Å². The smallest absolute Gasteiger partial charge is 0.220 e. The van der Waals surface area contributed by atoms with Gasteiger partial charge in [-0.1, -0.05) is 0 Å². The molecule has 0 bridgehead atoms. The molecule has 0 aliphatic rings. The topological polar surface area (TPSA) is 78.3 Å². The summed E-state index contributed by atoms with van der Waals surface area (Å²) in [5, 5.41) is 0. The van der Waals surface area contributed by atoms with Gasteiger partial charge in [-0.2, -0.15) is 0 Å². The average molecular weight is 198 g/mol. The van der Waals surface area contributed by atoms with Crippen molar-refractivity contribution in [1.82, 2.24) is 0 Å². The zero-order valence-corrected chi connectivity index (χ0v) is 7.50. The summed E-state index contributed by atoms with van der Waals surface area (Å²) < 4.78 is 17.7. The lowest BCUT2D eigenvalue weighted by Gasteiger charge is -2.07. The normalized spacial score (nSPS) is 9.79.